The smallest absolute Gasteiger partial charge is 0.356 e. The monoisotopic (exact) mass is 364 g/mol. The number of ether oxygens (including phenoxy) is 1. The van der Waals surface area contributed by atoms with Crippen molar-refractivity contribution in [1.82, 2.24) is 14.5 Å². The van der Waals surface area contributed by atoms with Crippen LogP contribution in [0.25, 0.3) is 5.69 Å². The van der Waals surface area contributed by atoms with Crippen molar-refractivity contribution in [2.45, 2.75) is 26.9 Å². The number of hydrogen-bond donors (Lipinski definition) is 1. The van der Waals surface area contributed by atoms with Crippen molar-refractivity contribution in [3.05, 3.63) is 82.0 Å². The molecule has 0 spiro atoms. The van der Waals surface area contributed by atoms with Gasteiger partial charge in [-0.05, 0) is 30.0 Å². The number of nitrogens with one attached hydrogen (secondary N) is 1. The maximum absolute atomic E-state index is 12.5. The van der Waals surface area contributed by atoms with Crippen molar-refractivity contribution >= 4 is 5.95 Å². The van der Waals surface area contributed by atoms with Gasteiger partial charge in [0.1, 0.15) is 6.33 Å². The summed E-state index contributed by atoms with van der Waals surface area (Å²) in [6.07, 6.45) is 2.37. The van der Waals surface area contributed by atoms with Crippen LogP contribution >= 0.6 is 0 Å². The lowest BCUT2D eigenvalue weighted by atomic mass is 10.1. The molecule has 2 aromatic carbocycles. The van der Waals surface area contributed by atoms with E-state index in [2.05, 4.69) is 22.2 Å². The number of rotatable bonds is 8. The van der Waals surface area contributed by atoms with E-state index in [4.69, 9.17) is 4.74 Å². The Balaban J connectivity index is 1.60. The molecular weight excluding hydrogens is 340 g/mol. The average molecular weight is 364 g/mol. The SMILES string of the molecule is CCc1cccc(C)c1-n1cnc(NCCOCc2ccccc2)nc1=O. The number of anilines is 1. The van der Waals surface area contributed by atoms with E-state index in [-0.39, 0.29) is 5.69 Å². The topological polar surface area (TPSA) is 69.0 Å². The van der Waals surface area contributed by atoms with Crippen molar-refractivity contribution in [2.24, 2.45) is 0 Å². The maximum atomic E-state index is 12.5. The Morgan fingerprint density at radius 1 is 1.11 bits per heavy atom. The summed E-state index contributed by atoms with van der Waals surface area (Å²) >= 11 is 0. The summed E-state index contributed by atoms with van der Waals surface area (Å²) in [6, 6.07) is 16.0. The zero-order chi connectivity index (χ0) is 19.1. The lowest BCUT2D eigenvalue weighted by Crippen LogP contribution is -2.25. The quantitative estimate of drug-likeness (QED) is 0.622. The van der Waals surface area contributed by atoms with Crippen LogP contribution in [0, 0.1) is 6.92 Å². The third-order valence-corrected chi connectivity index (χ3v) is 4.29. The van der Waals surface area contributed by atoms with Crippen LogP contribution in [0.1, 0.15) is 23.6 Å². The first-order chi connectivity index (χ1) is 13.2. The zero-order valence-corrected chi connectivity index (χ0v) is 15.7. The maximum Gasteiger partial charge on any atom is 0.356 e. The van der Waals surface area contributed by atoms with E-state index in [0.717, 1.165) is 28.8 Å². The van der Waals surface area contributed by atoms with Crippen LogP contribution in [-0.2, 0) is 17.8 Å². The molecule has 0 aliphatic rings. The Hall–Kier alpha value is -2.99. The Morgan fingerprint density at radius 2 is 1.93 bits per heavy atom. The van der Waals surface area contributed by atoms with Crippen molar-refractivity contribution in [3.8, 4) is 5.69 Å². The molecule has 140 valence electrons. The first kappa shape index (κ1) is 18.8. The van der Waals surface area contributed by atoms with Gasteiger partial charge in [0.25, 0.3) is 0 Å². The molecule has 6 heteroatoms. The Labute approximate surface area is 158 Å². The van der Waals surface area contributed by atoms with Crippen LogP contribution in [0.5, 0.6) is 0 Å². The van der Waals surface area contributed by atoms with E-state index in [0.29, 0.717) is 25.7 Å². The standard InChI is InChI=1S/C21H24N4O2/c1-3-18-11-7-8-16(2)19(18)25-15-23-20(24-21(25)26)22-12-13-27-14-17-9-5-4-6-10-17/h4-11,15H,3,12-14H2,1-2H3,(H,22,24,26). The fourth-order valence-electron chi connectivity index (χ4n) is 2.92. The molecule has 3 aromatic rings. The average Bonchev–Trinajstić information content (AvgIpc) is 2.69. The first-order valence-corrected chi connectivity index (χ1v) is 9.09. The van der Waals surface area contributed by atoms with Crippen molar-refractivity contribution in [1.29, 1.82) is 0 Å². The van der Waals surface area contributed by atoms with E-state index in [1.165, 1.54) is 10.9 Å². The van der Waals surface area contributed by atoms with E-state index < -0.39 is 0 Å². The van der Waals surface area contributed by atoms with Gasteiger partial charge >= 0.3 is 5.69 Å². The van der Waals surface area contributed by atoms with Gasteiger partial charge in [0, 0.05) is 6.54 Å². The van der Waals surface area contributed by atoms with Gasteiger partial charge < -0.3 is 10.1 Å². The highest BCUT2D eigenvalue weighted by atomic mass is 16.5. The number of hydrogen-bond acceptors (Lipinski definition) is 5. The van der Waals surface area contributed by atoms with Crippen molar-refractivity contribution in [2.75, 3.05) is 18.5 Å². The first-order valence-electron chi connectivity index (χ1n) is 9.09. The lowest BCUT2D eigenvalue weighted by molar-refractivity contribution is 0.130. The predicted molar refractivity (Wildman–Crippen MR) is 106 cm³/mol. The van der Waals surface area contributed by atoms with E-state index in [9.17, 15) is 4.79 Å². The molecule has 1 N–H and O–H groups in total. The highest BCUT2D eigenvalue weighted by molar-refractivity contribution is 5.47. The third kappa shape index (κ3) is 4.80. The Bertz CT molecular complexity index is 938. The van der Waals surface area contributed by atoms with Gasteiger partial charge in [-0.1, -0.05) is 55.5 Å². The number of para-hydroxylation sites is 1. The molecule has 0 saturated carbocycles. The van der Waals surface area contributed by atoms with Crippen LogP contribution in [0.3, 0.4) is 0 Å². The van der Waals surface area contributed by atoms with Crippen molar-refractivity contribution in [3.63, 3.8) is 0 Å². The fourth-order valence-corrected chi connectivity index (χ4v) is 2.92. The van der Waals surface area contributed by atoms with Gasteiger partial charge in [-0.3, -0.25) is 4.57 Å². The molecule has 0 atom stereocenters. The molecule has 1 aromatic heterocycles. The molecule has 1 heterocycles. The van der Waals surface area contributed by atoms with E-state index in [1.54, 1.807) is 0 Å². The van der Waals surface area contributed by atoms with Gasteiger partial charge in [0.05, 0.1) is 18.9 Å². The highest BCUT2D eigenvalue weighted by Crippen LogP contribution is 2.18. The van der Waals surface area contributed by atoms with Crippen molar-refractivity contribution < 1.29 is 4.74 Å². The summed E-state index contributed by atoms with van der Waals surface area (Å²) < 4.78 is 7.11. The molecule has 0 amide bonds. The number of nitrogens with zero attached hydrogens (tertiary/aromatic N) is 3. The summed E-state index contributed by atoms with van der Waals surface area (Å²) in [5, 5.41) is 3.03. The predicted octanol–water partition coefficient (Wildman–Crippen LogP) is 3.13. The summed E-state index contributed by atoms with van der Waals surface area (Å²) in [5.74, 6) is 0.311. The normalized spacial score (nSPS) is 10.7. The van der Waals surface area contributed by atoms with Crippen LogP contribution < -0.4 is 11.0 Å². The second-order valence-corrected chi connectivity index (χ2v) is 6.23. The third-order valence-electron chi connectivity index (χ3n) is 4.29. The van der Waals surface area contributed by atoms with Gasteiger partial charge in [-0.15, -0.1) is 0 Å². The van der Waals surface area contributed by atoms with Gasteiger partial charge in [-0.2, -0.15) is 4.98 Å². The van der Waals surface area contributed by atoms with E-state index in [1.807, 2.05) is 55.5 Å². The van der Waals surface area contributed by atoms with Crippen LogP contribution in [-0.4, -0.2) is 27.7 Å². The summed E-state index contributed by atoms with van der Waals surface area (Å²) in [6.45, 7) is 5.63. The number of aryl methyl sites for hydroxylation is 2. The molecule has 0 unspecified atom stereocenters. The molecule has 3 rings (SSSR count). The van der Waals surface area contributed by atoms with Gasteiger partial charge in [-0.25, -0.2) is 9.78 Å². The van der Waals surface area contributed by atoms with Gasteiger partial charge in [0.15, 0.2) is 0 Å². The molecule has 0 aliphatic heterocycles. The lowest BCUT2D eigenvalue weighted by Gasteiger charge is -2.13. The summed E-state index contributed by atoms with van der Waals surface area (Å²) in [7, 11) is 0. The Kier molecular flexibility index (Phi) is 6.33. The fraction of sp³-hybridized carbons (Fsp3) is 0.286. The van der Waals surface area contributed by atoms with E-state index >= 15 is 0 Å². The number of aromatic nitrogens is 3. The van der Waals surface area contributed by atoms with Crippen LogP contribution in [0.15, 0.2) is 59.7 Å². The second kappa shape index (κ2) is 9.09. The minimum Gasteiger partial charge on any atom is -0.375 e. The van der Waals surface area contributed by atoms with Crippen LogP contribution in [0.2, 0.25) is 0 Å². The molecule has 0 saturated heterocycles. The minimum absolute atomic E-state index is 0.311. The molecule has 6 nitrogen and oxygen atoms in total. The minimum atomic E-state index is -0.346. The second-order valence-electron chi connectivity index (χ2n) is 6.23. The zero-order valence-electron chi connectivity index (χ0n) is 15.7. The molecule has 27 heavy (non-hydrogen) atoms. The Morgan fingerprint density at radius 3 is 2.67 bits per heavy atom. The van der Waals surface area contributed by atoms with Crippen LogP contribution in [0.4, 0.5) is 5.95 Å². The molecular formula is C21H24N4O2. The largest absolute Gasteiger partial charge is 0.375 e. The molecule has 0 radical (unpaired) electrons. The van der Waals surface area contributed by atoms with Gasteiger partial charge in [0.2, 0.25) is 5.95 Å². The molecule has 0 bridgehead atoms. The number of benzene rings is 2. The summed E-state index contributed by atoms with van der Waals surface area (Å²) in [4.78, 5) is 20.8. The highest BCUT2D eigenvalue weighted by Gasteiger charge is 2.10. The molecule has 0 aliphatic carbocycles. The summed E-state index contributed by atoms with van der Waals surface area (Å²) in [5.41, 5.74) is 3.76. The molecule has 0 fully saturated rings.